The molecule has 1 aromatic rings. The molecule has 0 bridgehead atoms. The lowest BCUT2D eigenvalue weighted by molar-refractivity contribution is -0.122. The number of hydrogen-bond donors (Lipinski definition) is 1. The molecule has 1 N–H and O–H groups in total. The summed E-state index contributed by atoms with van der Waals surface area (Å²) in [5, 5.41) is 12.1. The third kappa shape index (κ3) is 3.05. The highest BCUT2D eigenvalue weighted by molar-refractivity contribution is 5.99. The first-order valence-corrected chi connectivity index (χ1v) is 7.03. The van der Waals surface area contributed by atoms with Crippen LogP contribution in [0, 0.1) is 16.7 Å². The van der Waals surface area contributed by atoms with Crippen LogP contribution in [-0.2, 0) is 4.79 Å². The zero-order chi connectivity index (χ0) is 15.5. The summed E-state index contributed by atoms with van der Waals surface area (Å²) in [6.45, 7) is 0. The summed E-state index contributed by atoms with van der Waals surface area (Å²) < 4.78 is 0. The molecule has 0 radical (unpaired) electrons. The molecule has 0 atom stereocenters. The lowest BCUT2D eigenvalue weighted by atomic mass is 9.87. The molecule has 0 unspecified atom stereocenters. The van der Waals surface area contributed by atoms with Crippen LogP contribution in [0.25, 0.3) is 0 Å². The van der Waals surface area contributed by atoms with E-state index in [4.69, 9.17) is 0 Å². The van der Waals surface area contributed by atoms with Crippen LogP contribution in [0.5, 0.6) is 0 Å². The quantitative estimate of drug-likeness (QED) is 0.926. The van der Waals surface area contributed by atoms with Gasteiger partial charge in [-0.3, -0.25) is 9.59 Å². The molecule has 1 aliphatic carbocycles. The third-order valence-electron chi connectivity index (χ3n) is 3.88. The van der Waals surface area contributed by atoms with E-state index in [1.54, 1.807) is 38.4 Å². The summed E-state index contributed by atoms with van der Waals surface area (Å²) in [6, 6.07) is 8.96. The normalized spacial score (nSPS) is 16.0. The van der Waals surface area contributed by atoms with Crippen LogP contribution in [0.15, 0.2) is 24.3 Å². The Morgan fingerprint density at radius 1 is 1.29 bits per heavy atom. The molecule has 5 heteroatoms. The van der Waals surface area contributed by atoms with E-state index in [1.165, 1.54) is 4.90 Å². The molecule has 2 amide bonds. The van der Waals surface area contributed by atoms with Crippen molar-refractivity contribution in [2.45, 2.75) is 25.7 Å². The van der Waals surface area contributed by atoms with Gasteiger partial charge in [0.2, 0.25) is 5.91 Å². The van der Waals surface area contributed by atoms with E-state index in [0.717, 1.165) is 12.8 Å². The molecule has 1 saturated carbocycles. The molecular formula is C16H19N3O2. The fourth-order valence-corrected chi connectivity index (χ4v) is 2.61. The van der Waals surface area contributed by atoms with Crippen LogP contribution in [0.4, 0.5) is 5.69 Å². The van der Waals surface area contributed by atoms with Crippen molar-refractivity contribution < 1.29 is 9.59 Å². The molecule has 1 fully saturated rings. The Morgan fingerprint density at radius 3 is 2.52 bits per heavy atom. The lowest BCUT2D eigenvalue weighted by Crippen LogP contribution is -2.32. The highest BCUT2D eigenvalue weighted by Crippen LogP contribution is 2.38. The van der Waals surface area contributed by atoms with Crippen molar-refractivity contribution in [3.63, 3.8) is 0 Å². The van der Waals surface area contributed by atoms with Gasteiger partial charge in [-0.05, 0) is 31.0 Å². The van der Waals surface area contributed by atoms with E-state index in [-0.39, 0.29) is 11.8 Å². The third-order valence-corrected chi connectivity index (χ3v) is 3.88. The average Bonchev–Trinajstić information content (AvgIpc) is 2.96. The molecule has 0 heterocycles. The maximum atomic E-state index is 12.4. The van der Waals surface area contributed by atoms with Crippen molar-refractivity contribution in [3.05, 3.63) is 29.8 Å². The molecule has 21 heavy (non-hydrogen) atoms. The molecule has 0 spiro atoms. The first-order valence-electron chi connectivity index (χ1n) is 7.03. The Balaban J connectivity index is 2.17. The maximum absolute atomic E-state index is 12.4. The van der Waals surface area contributed by atoms with Crippen molar-refractivity contribution in [1.82, 2.24) is 4.90 Å². The van der Waals surface area contributed by atoms with Gasteiger partial charge in [-0.1, -0.05) is 18.9 Å². The highest BCUT2D eigenvalue weighted by Gasteiger charge is 2.41. The van der Waals surface area contributed by atoms with Crippen molar-refractivity contribution in [2.75, 3.05) is 19.4 Å². The molecule has 0 aromatic heterocycles. The van der Waals surface area contributed by atoms with Gasteiger partial charge in [0.05, 0.1) is 6.07 Å². The molecule has 1 aromatic carbocycles. The molecule has 110 valence electrons. The first-order chi connectivity index (χ1) is 9.98. The van der Waals surface area contributed by atoms with Gasteiger partial charge in [-0.25, -0.2) is 0 Å². The second kappa shape index (κ2) is 5.96. The molecule has 2 rings (SSSR count). The minimum atomic E-state index is -0.915. The van der Waals surface area contributed by atoms with Crippen molar-refractivity contribution in [1.29, 1.82) is 5.26 Å². The van der Waals surface area contributed by atoms with Crippen LogP contribution in [-0.4, -0.2) is 30.8 Å². The SMILES string of the molecule is CN(C)C(=O)c1cccc(NC(=O)C2(C#N)CCCC2)c1. The number of carbonyl (C=O) groups is 2. The Bertz CT molecular complexity index is 596. The van der Waals surface area contributed by atoms with Gasteiger partial charge in [0.1, 0.15) is 5.41 Å². The number of anilines is 1. The number of carbonyl (C=O) groups excluding carboxylic acids is 2. The second-order valence-electron chi connectivity index (χ2n) is 5.64. The molecule has 0 saturated heterocycles. The van der Waals surface area contributed by atoms with E-state index in [0.29, 0.717) is 24.1 Å². The number of benzene rings is 1. The largest absolute Gasteiger partial charge is 0.345 e. The van der Waals surface area contributed by atoms with E-state index in [9.17, 15) is 14.9 Å². The van der Waals surface area contributed by atoms with Crippen molar-refractivity contribution >= 4 is 17.5 Å². The zero-order valence-electron chi connectivity index (χ0n) is 12.3. The number of amides is 2. The summed E-state index contributed by atoms with van der Waals surface area (Å²) in [7, 11) is 3.35. The van der Waals surface area contributed by atoms with Gasteiger partial charge in [-0.15, -0.1) is 0 Å². The molecule has 0 aliphatic heterocycles. The maximum Gasteiger partial charge on any atom is 0.253 e. The predicted molar refractivity (Wildman–Crippen MR) is 79.6 cm³/mol. The molecule has 5 nitrogen and oxygen atoms in total. The Labute approximate surface area is 124 Å². The Morgan fingerprint density at radius 2 is 1.95 bits per heavy atom. The number of nitrogens with one attached hydrogen (secondary N) is 1. The van der Waals surface area contributed by atoms with Gasteiger partial charge in [-0.2, -0.15) is 5.26 Å². The first kappa shape index (κ1) is 15.0. The number of hydrogen-bond acceptors (Lipinski definition) is 3. The van der Waals surface area contributed by atoms with Crippen LogP contribution in [0.1, 0.15) is 36.0 Å². The van der Waals surface area contributed by atoms with Crippen molar-refractivity contribution in [2.24, 2.45) is 5.41 Å². The average molecular weight is 285 g/mol. The van der Waals surface area contributed by atoms with E-state index in [1.807, 2.05) is 0 Å². The zero-order valence-corrected chi connectivity index (χ0v) is 12.3. The fraction of sp³-hybridized carbons (Fsp3) is 0.438. The summed E-state index contributed by atoms with van der Waals surface area (Å²) in [6.07, 6.45) is 3.01. The van der Waals surface area contributed by atoms with Crippen molar-refractivity contribution in [3.8, 4) is 6.07 Å². The lowest BCUT2D eigenvalue weighted by Gasteiger charge is -2.19. The van der Waals surface area contributed by atoms with Crippen LogP contribution < -0.4 is 5.32 Å². The second-order valence-corrected chi connectivity index (χ2v) is 5.64. The highest BCUT2D eigenvalue weighted by atomic mass is 16.2. The summed E-state index contributed by atoms with van der Waals surface area (Å²) in [4.78, 5) is 25.8. The Kier molecular flexibility index (Phi) is 4.27. The van der Waals surface area contributed by atoms with Gasteiger partial charge in [0.25, 0.3) is 5.91 Å². The summed E-state index contributed by atoms with van der Waals surface area (Å²) >= 11 is 0. The molecular weight excluding hydrogens is 266 g/mol. The molecule has 1 aliphatic rings. The van der Waals surface area contributed by atoms with Crippen LogP contribution in [0.2, 0.25) is 0 Å². The summed E-state index contributed by atoms with van der Waals surface area (Å²) in [5.41, 5.74) is 0.145. The minimum absolute atomic E-state index is 0.123. The van der Waals surface area contributed by atoms with E-state index >= 15 is 0 Å². The van der Waals surface area contributed by atoms with Gasteiger partial charge < -0.3 is 10.2 Å². The number of nitrogens with zero attached hydrogens (tertiary/aromatic N) is 2. The van der Waals surface area contributed by atoms with Gasteiger partial charge in [0.15, 0.2) is 0 Å². The summed E-state index contributed by atoms with van der Waals surface area (Å²) in [5.74, 6) is -0.390. The fourth-order valence-electron chi connectivity index (χ4n) is 2.61. The number of nitriles is 1. The van der Waals surface area contributed by atoms with Crippen LogP contribution in [0.3, 0.4) is 0 Å². The number of rotatable bonds is 3. The smallest absolute Gasteiger partial charge is 0.253 e. The van der Waals surface area contributed by atoms with Gasteiger partial charge >= 0.3 is 0 Å². The standard InChI is InChI=1S/C16H19N3O2/c1-19(2)14(20)12-6-5-7-13(10-12)18-15(21)16(11-17)8-3-4-9-16/h5-7,10H,3-4,8-9H2,1-2H3,(H,18,21). The van der Waals surface area contributed by atoms with E-state index in [2.05, 4.69) is 11.4 Å². The van der Waals surface area contributed by atoms with Gasteiger partial charge in [0, 0.05) is 25.3 Å². The van der Waals surface area contributed by atoms with E-state index < -0.39 is 5.41 Å². The predicted octanol–water partition coefficient (Wildman–Crippen LogP) is 2.41. The van der Waals surface area contributed by atoms with Crippen LogP contribution >= 0.6 is 0 Å². The Hall–Kier alpha value is -2.35. The monoisotopic (exact) mass is 285 g/mol. The topological polar surface area (TPSA) is 73.2 Å². The minimum Gasteiger partial charge on any atom is -0.345 e.